The van der Waals surface area contributed by atoms with Gasteiger partial charge in [-0.25, -0.2) is 0 Å². The summed E-state index contributed by atoms with van der Waals surface area (Å²) in [6, 6.07) is 0. The van der Waals surface area contributed by atoms with Crippen LogP contribution in [0.4, 0.5) is 0 Å². The van der Waals surface area contributed by atoms with Crippen LogP contribution in [0.25, 0.3) is 0 Å². The summed E-state index contributed by atoms with van der Waals surface area (Å²) in [5.41, 5.74) is 1.43. The van der Waals surface area contributed by atoms with Crippen molar-refractivity contribution >= 4 is 0 Å². The minimum Gasteiger partial charge on any atom is -0.368 e. The van der Waals surface area contributed by atoms with Crippen LogP contribution in [0, 0.1) is 5.92 Å². The van der Waals surface area contributed by atoms with Gasteiger partial charge in [0, 0.05) is 6.54 Å². The molecule has 3 nitrogen and oxygen atoms in total. The highest BCUT2D eigenvalue weighted by Crippen LogP contribution is 2.19. The van der Waals surface area contributed by atoms with Crippen LogP contribution < -0.4 is 16.0 Å². The van der Waals surface area contributed by atoms with Crippen molar-refractivity contribution < 1.29 is 0 Å². The molecule has 2 aliphatic heterocycles. The van der Waals surface area contributed by atoms with Gasteiger partial charge in [-0.2, -0.15) is 0 Å². The third-order valence-corrected chi connectivity index (χ3v) is 3.81. The van der Waals surface area contributed by atoms with E-state index in [1.54, 1.807) is 0 Å². The van der Waals surface area contributed by atoms with Crippen LogP contribution in [0.15, 0.2) is 23.5 Å². The number of hydrogen-bond donors (Lipinski definition) is 3. The predicted molar refractivity (Wildman–Crippen MR) is 72.4 cm³/mol. The number of rotatable bonds is 4. The molecule has 0 radical (unpaired) electrons. The molecule has 17 heavy (non-hydrogen) atoms. The topological polar surface area (TPSA) is 36.1 Å². The summed E-state index contributed by atoms with van der Waals surface area (Å²) in [5, 5.41) is 10.5. The molecule has 0 aromatic rings. The van der Waals surface area contributed by atoms with E-state index >= 15 is 0 Å². The first-order valence-corrected chi connectivity index (χ1v) is 6.96. The van der Waals surface area contributed by atoms with Crippen LogP contribution >= 0.6 is 0 Å². The molecule has 0 amide bonds. The average Bonchev–Trinajstić information content (AvgIpc) is 2.39. The van der Waals surface area contributed by atoms with Gasteiger partial charge in [0.2, 0.25) is 0 Å². The first-order valence-electron chi connectivity index (χ1n) is 6.96. The zero-order chi connectivity index (χ0) is 12.1. The Morgan fingerprint density at radius 2 is 2.29 bits per heavy atom. The molecule has 2 aliphatic rings. The van der Waals surface area contributed by atoms with Crippen LogP contribution in [-0.4, -0.2) is 19.3 Å². The molecule has 1 saturated heterocycles. The molecule has 0 aromatic carbocycles. The lowest BCUT2D eigenvalue weighted by Crippen LogP contribution is -2.49. The molecule has 0 saturated carbocycles. The molecule has 96 valence electrons. The lowest BCUT2D eigenvalue weighted by atomic mass is 9.93. The number of hydrogen-bond acceptors (Lipinski definition) is 3. The predicted octanol–water partition coefficient (Wildman–Crippen LogP) is 2.09. The van der Waals surface area contributed by atoms with Crippen LogP contribution in [0.5, 0.6) is 0 Å². The summed E-state index contributed by atoms with van der Waals surface area (Å²) in [4.78, 5) is 0. The van der Waals surface area contributed by atoms with Gasteiger partial charge in [0.05, 0.1) is 6.17 Å². The van der Waals surface area contributed by atoms with Crippen molar-refractivity contribution in [3.05, 3.63) is 23.5 Å². The average molecular weight is 235 g/mol. The number of dihydropyridines is 1. The molecule has 0 aliphatic carbocycles. The minimum absolute atomic E-state index is 0.434. The zero-order valence-corrected chi connectivity index (χ0v) is 11.1. The highest BCUT2D eigenvalue weighted by molar-refractivity contribution is 5.26. The summed E-state index contributed by atoms with van der Waals surface area (Å²) in [6.45, 7) is 6.59. The quantitative estimate of drug-likeness (QED) is 0.698. The van der Waals surface area contributed by atoms with E-state index < -0.39 is 0 Å². The summed E-state index contributed by atoms with van der Waals surface area (Å²) >= 11 is 0. The standard InChI is InChI=1S/C14H25N3/c1-3-11-5-7-15-13(9-11)17-14-10-12(4-2)6-8-16-14/h5,9,12,14-17H,3-4,6-8,10H2,1-2H3. The van der Waals surface area contributed by atoms with Crippen molar-refractivity contribution in [2.24, 2.45) is 5.92 Å². The molecule has 2 heterocycles. The lowest BCUT2D eigenvalue weighted by Gasteiger charge is -2.32. The van der Waals surface area contributed by atoms with Crippen LogP contribution in [0.3, 0.4) is 0 Å². The van der Waals surface area contributed by atoms with Gasteiger partial charge in [-0.15, -0.1) is 0 Å². The second-order valence-corrected chi connectivity index (χ2v) is 5.02. The van der Waals surface area contributed by atoms with E-state index in [1.807, 2.05) is 0 Å². The summed E-state index contributed by atoms with van der Waals surface area (Å²) < 4.78 is 0. The van der Waals surface area contributed by atoms with Gasteiger partial charge in [-0.1, -0.05) is 26.3 Å². The second-order valence-electron chi connectivity index (χ2n) is 5.02. The molecular formula is C14H25N3. The Bertz CT molecular complexity index is 307. The molecule has 3 N–H and O–H groups in total. The van der Waals surface area contributed by atoms with E-state index in [0.717, 1.165) is 25.4 Å². The number of piperidine rings is 1. The minimum atomic E-state index is 0.434. The Morgan fingerprint density at radius 3 is 3.06 bits per heavy atom. The zero-order valence-electron chi connectivity index (χ0n) is 11.1. The summed E-state index contributed by atoms with van der Waals surface area (Å²) in [7, 11) is 0. The number of nitrogens with one attached hydrogen (secondary N) is 3. The molecule has 0 spiro atoms. The van der Waals surface area contributed by atoms with Crippen LogP contribution in [0.1, 0.15) is 39.5 Å². The normalized spacial score (nSPS) is 29.1. The Morgan fingerprint density at radius 1 is 1.41 bits per heavy atom. The lowest BCUT2D eigenvalue weighted by molar-refractivity contribution is 0.270. The molecule has 2 unspecified atom stereocenters. The first-order chi connectivity index (χ1) is 8.31. The Labute approximate surface area is 105 Å². The molecular weight excluding hydrogens is 210 g/mol. The third kappa shape index (κ3) is 3.50. The molecule has 0 bridgehead atoms. The van der Waals surface area contributed by atoms with Gasteiger partial charge in [0.1, 0.15) is 5.82 Å². The smallest absolute Gasteiger partial charge is 0.100 e. The molecule has 3 heteroatoms. The van der Waals surface area contributed by atoms with Crippen molar-refractivity contribution in [2.45, 2.75) is 45.7 Å². The molecule has 2 atom stereocenters. The fourth-order valence-electron chi connectivity index (χ4n) is 2.59. The van der Waals surface area contributed by atoms with E-state index in [2.05, 4.69) is 41.9 Å². The van der Waals surface area contributed by atoms with Crippen molar-refractivity contribution in [2.75, 3.05) is 13.1 Å². The van der Waals surface area contributed by atoms with Crippen LogP contribution in [0.2, 0.25) is 0 Å². The Kier molecular flexibility index (Phi) is 4.49. The Hall–Kier alpha value is -0.960. The van der Waals surface area contributed by atoms with Crippen molar-refractivity contribution in [1.82, 2.24) is 16.0 Å². The van der Waals surface area contributed by atoms with Crippen molar-refractivity contribution in [1.29, 1.82) is 0 Å². The maximum Gasteiger partial charge on any atom is 0.100 e. The van der Waals surface area contributed by atoms with E-state index in [9.17, 15) is 0 Å². The maximum absolute atomic E-state index is 3.58. The van der Waals surface area contributed by atoms with Gasteiger partial charge in [0.25, 0.3) is 0 Å². The maximum atomic E-state index is 3.58. The second kappa shape index (κ2) is 6.10. The molecule has 2 rings (SSSR count). The van der Waals surface area contributed by atoms with E-state index in [0.29, 0.717) is 6.17 Å². The summed E-state index contributed by atoms with van der Waals surface area (Å²) in [5.74, 6) is 2.05. The fraction of sp³-hybridized carbons (Fsp3) is 0.714. The van der Waals surface area contributed by atoms with Crippen LogP contribution in [-0.2, 0) is 0 Å². The third-order valence-electron chi connectivity index (χ3n) is 3.81. The van der Waals surface area contributed by atoms with Crippen molar-refractivity contribution in [3.8, 4) is 0 Å². The first kappa shape index (κ1) is 12.5. The van der Waals surface area contributed by atoms with Gasteiger partial charge < -0.3 is 10.6 Å². The highest BCUT2D eigenvalue weighted by Gasteiger charge is 2.20. The largest absolute Gasteiger partial charge is 0.368 e. The summed E-state index contributed by atoms with van der Waals surface area (Å²) in [6.07, 6.45) is 9.90. The highest BCUT2D eigenvalue weighted by atomic mass is 15.2. The molecule has 0 aromatic heterocycles. The van der Waals surface area contributed by atoms with Crippen molar-refractivity contribution in [3.63, 3.8) is 0 Å². The van der Waals surface area contributed by atoms with E-state index in [4.69, 9.17) is 0 Å². The number of allylic oxidation sites excluding steroid dienone is 2. The SMILES string of the molecule is CCC1=CCNC(NC2CC(CC)CCN2)=C1. The van der Waals surface area contributed by atoms with Gasteiger partial charge in [0.15, 0.2) is 0 Å². The Balaban J connectivity index is 1.88. The van der Waals surface area contributed by atoms with E-state index in [1.165, 1.54) is 30.7 Å². The van der Waals surface area contributed by atoms with Gasteiger partial charge in [-0.3, -0.25) is 5.32 Å². The van der Waals surface area contributed by atoms with E-state index in [-0.39, 0.29) is 0 Å². The molecule has 1 fully saturated rings. The fourth-order valence-corrected chi connectivity index (χ4v) is 2.59. The van der Waals surface area contributed by atoms with Gasteiger partial charge in [-0.05, 0) is 43.4 Å². The van der Waals surface area contributed by atoms with Gasteiger partial charge >= 0.3 is 0 Å². The monoisotopic (exact) mass is 235 g/mol.